The molecule has 2 heterocycles. The summed E-state index contributed by atoms with van der Waals surface area (Å²) in [6, 6.07) is 24.7. The molecule has 36 heavy (non-hydrogen) atoms. The third kappa shape index (κ3) is 5.10. The lowest BCUT2D eigenvalue weighted by Gasteiger charge is -2.21. The number of aryl methyl sites for hydroxylation is 1. The van der Waals surface area contributed by atoms with Crippen LogP contribution in [0.25, 0.3) is 11.0 Å². The Morgan fingerprint density at radius 2 is 1.75 bits per heavy atom. The number of fused-ring (bicyclic) bond motifs is 1. The standard InChI is InChI=1S/C29H30N4O3/c1-32-26-10-6-5-9-24(26)30-28(32)25(17-21-7-3-2-4-8-21)31-29(36)22-18-27(35)33(19-22)16-15-20-11-13-23(34)14-12-20/h2-14,22,25,34H,15-19H2,1H3,(H,31,36)/t22?,25-/m0/s1. The van der Waals surface area contributed by atoms with E-state index < -0.39 is 5.92 Å². The highest BCUT2D eigenvalue weighted by Gasteiger charge is 2.35. The second-order valence-corrected chi connectivity index (χ2v) is 9.43. The van der Waals surface area contributed by atoms with Gasteiger partial charge in [0, 0.05) is 26.6 Å². The first-order valence-electron chi connectivity index (χ1n) is 12.3. The summed E-state index contributed by atoms with van der Waals surface area (Å²) in [4.78, 5) is 32.7. The van der Waals surface area contributed by atoms with Crippen molar-refractivity contribution in [2.45, 2.75) is 25.3 Å². The van der Waals surface area contributed by atoms with Crippen molar-refractivity contribution in [2.75, 3.05) is 13.1 Å². The number of para-hydroxylation sites is 2. The summed E-state index contributed by atoms with van der Waals surface area (Å²) in [5.41, 5.74) is 4.04. The lowest BCUT2D eigenvalue weighted by atomic mass is 10.0. The highest BCUT2D eigenvalue weighted by Crippen LogP contribution is 2.25. The number of nitrogens with one attached hydrogen (secondary N) is 1. The minimum Gasteiger partial charge on any atom is -0.508 e. The summed E-state index contributed by atoms with van der Waals surface area (Å²) in [6.07, 6.45) is 1.49. The van der Waals surface area contributed by atoms with Gasteiger partial charge in [-0.3, -0.25) is 9.59 Å². The van der Waals surface area contributed by atoms with Crippen LogP contribution >= 0.6 is 0 Å². The second kappa shape index (κ2) is 10.2. The molecule has 3 aromatic carbocycles. The Labute approximate surface area is 210 Å². The van der Waals surface area contributed by atoms with Gasteiger partial charge in [-0.1, -0.05) is 54.6 Å². The first-order valence-corrected chi connectivity index (χ1v) is 12.3. The predicted molar refractivity (Wildman–Crippen MR) is 138 cm³/mol. The van der Waals surface area contributed by atoms with Crippen LogP contribution in [-0.2, 0) is 29.5 Å². The quantitative estimate of drug-likeness (QED) is 0.400. The fourth-order valence-corrected chi connectivity index (χ4v) is 4.91. The molecule has 0 aliphatic carbocycles. The largest absolute Gasteiger partial charge is 0.508 e. The number of benzene rings is 3. The molecular formula is C29H30N4O3. The first kappa shape index (κ1) is 23.6. The number of hydrogen-bond acceptors (Lipinski definition) is 4. The summed E-state index contributed by atoms with van der Waals surface area (Å²) < 4.78 is 2.03. The normalized spacial score (nSPS) is 16.4. The number of imidazole rings is 1. The molecule has 1 aliphatic rings. The van der Waals surface area contributed by atoms with E-state index >= 15 is 0 Å². The van der Waals surface area contributed by atoms with Crippen molar-refractivity contribution in [3.8, 4) is 5.75 Å². The number of amides is 2. The molecule has 7 nitrogen and oxygen atoms in total. The molecule has 0 saturated carbocycles. The SMILES string of the molecule is Cn1c([C@H](Cc2ccccc2)NC(=O)C2CC(=O)N(CCc3ccc(O)cc3)C2)nc2ccccc21. The molecule has 4 aromatic rings. The summed E-state index contributed by atoms with van der Waals surface area (Å²) in [5.74, 6) is 0.491. The summed E-state index contributed by atoms with van der Waals surface area (Å²) in [7, 11) is 1.97. The Balaban J connectivity index is 1.30. The lowest BCUT2D eigenvalue weighted by molar-refractivity contribution is -0.129. The van der Waals surface area contributed by atoms with E-state index in [9.17, 15) is 14.7 Å². The Morgan fingerprint density at radius 3 is 2.50 bits per heavy atom. The maximum absolute atomic E-state index is 13.4. The van der Waals surface area contributed by atoms with Crippen LogP contribution in [0.5, 0.6) is 5.75 Å². The van der Waals surface area contributed by atoms with Crippen LogP contribution in [-0.4, -0.2) is 44.5 Å². The molecule has 0 spiro atoms. The van der Waals surface area contributed by atoms with Gasteiger partial charge < -0.3 is 19.9 Å². The van der Waals surface area contributed by atoms with Gasteiger partial charge >= 0.3 is 0 Å². The van der Waals surface area contributed by atoms with Crippen LogP contribution in [0.15, 0.2) is 78.9 Å². The van der Waals surface area contributed by atoms with Gasteiger partial charge in [0.2, 0.25) is 11.8 Å². The number of aromatic nitrogens is 2. The molecule has 1 aromatic heterocycles. The molecule has 2 atom stereocenters. The first-order chi connectivity index (χ1) is 17.5. The van der Waals surface area contributed by atoms with E-state index in [0.717, 1.165) is 28.0 Å². The van der Waals surface area contributed by atoms with Crippen molar-refractivity contribution in [3.05, 3.63) is 95.8 Å². The number of phenols is 1. The maximum Gasteiger partial charge on any atom is 0.226 e. The minimum atomic E-state index is -0.398. The third-order valence-corrected chi connectivity index (χ3v) is 6.92. The molecule has 2 amide bonds. The monoisotopic (exact) mass is 482 g/mol. The Morgan fingerprint density at radius 1 is 1.03 bits per heavy atom. The average Bonchev–Trinajstić information content (AvgIpc) is 3.43. The average molecular weight is 483 g/mol. The van der Waals surface area contributed by atoms with E-state index in [2.05, 4.69) is 5.32 Å². The maximum atomic E-state index is 13.4. The highest BCUT2D eigenvalue weighted by atomic mass is 16.3. The molecular weight excluding hydrogens is 452 g/mol. The lowest BCUT2D eigenvalue weighted by Crippen LogP contribution is -2.37. The zero-order valence-electron chi connectivity index (χ0n) is 20.3. The fourth-order valence-electron chi connectivity index (χ4n) is 4.91. The summed E-state index contributed by atoms with van der Waals surface area (Å²) >= 11 is 0. The van der Waals surface area contributed by atoms with Gasteiger partial charge in [-0.25, -0.2) is 4.98 Å². The number of carbonyl (C=O) groups excluding carboxylic acids is 2. The second-order valence-electron chi connectivity index (χ2n) is 9.43. The highest BCUT2D eigenvalue weighted by molar-refractivity contribution is 5.89. The summed E-state index contributed by atoms with van der Waals surface area (Å²) in [6.45, 7) is 0.953. The number of nitrogens with zero attached hydrogens (tertiary/aromatic N) is 3. The smallest absolute Gasteiger partial charge is 0.226 e. The van der Waals surface area contributed by atoms with Gasteiger partial charge in [0.25, 0.3) is 0 Å². The van der Waals surface area contributed by atoms with Crippen molar-refractivity contribution in [1.82, 2.24) is 19.8 Å². The van der Waals surface area contributed by atoms with Crippen LogP contribution in [0, 0.1) is 5.92 Å². The van der Waals surface area contributed by atoms with E-state index in [1.165, 1.54) is 0 Å². The van der Waals surface area contributed by atoms with Gasteiger partial charge in [-0.2, -0.15) is 0 Å². The molecule has 1 aliphatic heterocycles. The number of likely N-dealkylation sites (tertiary alicyclic amines) is 1. The zero-order chi connectivity index (χ0) is 25.1. The molecule has 184 valence electrons. The fraction of sp³-hybridized carbons (Fsp3) is 0.276. The molecule has 1 fully saturated rings. The number of carbonyl (C=O) groups is 2. The van der Waals surface area contributed by atoms with Crippen LogP contribution in [0.1, 0.15) is 29.4 Å². The van der Waals surface area contributed by atoms with Crippen molar-refractivity contribution in [1.29, 1.82) is 0 Å². The molecule has 0 bridgehead atoms. The number of rotatable bonds is 8. The van der Waals surface area contributed by atoms with Gasteiger partial charge in [0.15, 0.2) is 0 Å². The van der Waals surface area contributed by atoms with Gasteiger partial charge in [0.05, 0.1) is 23.0 Å². The zero-order valence-corrected chi connectivity index (χ0v) is 20.3. The van der Waals surface area contributed by atoms with Crippen LogP contribution in [0.4, 0.5) is 0 Å². The topological polar surface area (TPSA) is 87.5 Å². The van der Waals surface area contributed by atoms with Crippen LogP contribution in [0.2, 0.25) is 0 Å². The Bertz CT molecular complexity index is 1360. The number of hydrogen-bond donors (Lipinski definition) is 2. The van der Waals surface area contributed by atoms with E-state index in [1.54, 1.807) is 17.0 Å². The predicted octanol–water partition coefficient (Wildman–Crippen LogP) is 3.77. The molecule has 0 radical (unpaired) electrons. The molecule has 1 saturated heterocycles. The molecule has 2 N–H and O–H groups in total. The van der Waals surface area contributed by atoms with Gasteiger partial charge in [-0.15, -0.1) is 0 Å². The Kier molecular flexibility index (Phi) is 6.71. The van der Waals surface area contributed by atoms with E-state index in [4.69, 9.17) is 4.98 Å². The summed E-state index contributed by atoms with van der Waals surface area (Å²) in [5, 5.41) is 12.7. The number of phenolic OH excluding ortho intramolecular Hbond substituents is 1. The van der Waals surface area contributed by atoms with Gasteiger partial charge in [0.1, 0.15) is 11.6 Å². The van der Waals surface area contributed by atoms with E-state index in [0.29, 0.717) is 25.9 Å². The van der Waals surface area contributed by atoms with E-state index in [-0.39, 0.29) is 30.0 Å². The Hall–Kier alpha value is -4.13. The van der Waals surface area contributed by atoms with Crippen molar-refractivity contribution in [2.24, 2.45) is 13.0 Å². The van der Waals surface area contributed by atoms with Gasteiger partial charge in [-0.05, 0) is 48.2 Å². The molecule has 7 heteroatoms. The molecule has 5 rings (SSSR count). The third-order valence-electron chi connectivity index (χ3n) is 6.92. The van der Waals surface area contributed by atoms with Crippen molar-refractivity contribution < 1.29 is 14.7 Å². The van der Waals surface area contributed by atoms with Crippen LogP contribution < -0.4 is 5.32 Å². The molecule has 1 unspecified atom stereocenters. The van der Waals surface area contributed by atoms with E-state index in [1.807, 2.05) is 78.3 Å². The number of aromatic hydroxyl groups is 1. The minimum absolute atomic E-state index is 0.00346. The van der Waals surface area contributed by atoms with Crippen molar-refractivity contribution >= 4 is 22.8 Å². The van der Waals surface area contributed by atoms with Crippen LogP contribution in [0.3, 0.4) is 0 Å². The van der Waals surface area contributed by atoms with Crippen molar-refractivity contribution in [3.63, 3.8) is 0 Å².